The van der Waals surface area contributed by atoms with Gasteiger partial charge in [-0.3, -0.25) is 0 Å². The van der Waals surface area contributed by atoms with Crippen molar-refractivity contribution < 1.29 is 23.0 Å². The standard InChI is InChI=1S/C19H20F3NO2/c1-13(24)12-23-10-4-8-17-16(7-3-9-18(17)23)14-5-2-6-15(11-14)25-19(20,21)22/h2-3,5-7,9,11,13,24H,4,8,10,12H2,1H3/t13-/m0/s1. The highest BCUT2D eigenvalue weighted by Crippen LogP contribution is 2.37. The Balaban J connectivity index is 1.98. The van der Waals surface area contributed by atoms with E-state index in [2.05, 4.69) is 9.64 Å². The summed E-state index contributed by atoms with van der Waals surface area (Å²) >= 11 is 0. The molecular weight excluding hydrogens is 331 g/mol. The number of aliphatic hydroxyl groups excluding tert-OH is 1. The lowest BCUT2D eigenvalue weighted by Crippen LogP contribution is -2.35. The molecule has 0 fully saturated rings. The van der Waals surface area contributed by atoms with Crippen LogP contribution in [0.2, 0.25) is 0 Å². The molecule has 6 heteroatoms. The molecule has 2 aromatic carbocycles. The predicted octanol–water partition coefficient (Wildman–Crippen LogP) is 4.39. The third-order valence-electron chi connectivity index (χ3n) is 4.21. The van der Waals surface area contributed by atoms with E-state index in [0.29, 0.717) is 12.1 Å². The first-order valence-electron chi connectivity index (χ1n) is 8.24. The van der Waals surface area contributed by atoms with Crippen molar-refractivity contribution in [3.63, 3.8) is 0 Å². The Morgan fingerprint density at radius 3 is 2.68 bits per heavy atom. The van der Waals surface area contributed by atoms with E-state index in [0.717, 1.165) is 36.2 Å². The van der Waals surface area contributed by atoms with Crippen molar-refractivity contribution in [3.8, 4) is 16.9 Å². The van der Waals surface area contributed by atoms with Gasteiger partial charge in [0.25, 0.3) is 0 Å². The molecule has 134 valence electrons. The summed E-state index contributed by atoms with van der Waals surface area (Å²) in [4.78, 5) is 2.13. The average Bonchev–Trinajstić information content (AvgIpc) is 2.53. The third kappa shape index (κ3) is 4.25. The highest BCUT2D eigenvalue weighted by molar-refractivity contribution is 5.76. The van der Waals surface area contributed by atoms with E-state index in [1.807, 2.05) is 18.2 Å². The SMILES string of the molecule is C[C@H](O)CN1CCCc2c(-c3cccc(OC(F)(F)F)c3)cccc21. The summed E-state index contributed by atoms with van der Waals surface area (Å²) in [5, 5.41) is 9.70. The number of anilines is 1. The van der Waals surface area contributed by atoms with E-state index in [1.54, 1.807) is 19.1 Å². The summed E-state index contributed by atoms with van der Waals surface area (Å²) in [6, 6.07) is 11.9. The van der Waals surface area contributed by atoms with Gasteiger partial charge in [0.2, 0.25) is 0 Å². The maximum Gasteiger partial charge on any atom is 0.573 e. The van der Waals surface area contributed by atoms with Crippen LogP contribution < -0.4 is 9.64 Å². The van der Waals surface area contributed by atoms with E-state index >= 15 is 0 Å². The molecule has 0 unspecified atom stereocenters. The predicted molar refractivity (Wildman–Crippen MR) is 90.8 cm³/mol. The van der Waals surface area contributed by atoms with Gasteiger partial charge < -0.3 is 14.7 Å². The fraction of sp³-hybridized carbons (Fsp3) is 0.368. The molecular formula is C19H20F3NO2. The topological polar surface area (TPSA) is 32.7 Å². The molecule has 3 nitrogen and oxygen atoms in total. The van der Waals surface area contributed by atoms with Gasteiger partial charge in [0.1, 0.15) is 5.75 Å². The molecule has 0 aliphatic carbocycles. The number of benzene rings is 2. The number of alkyl halides is 3. The maximum absolute atomic E-state index is 12.5. The molecule has 0 spiro atoms. The number of hydrogen-bond acceptors (Lipinski definition) is 3. The van der Waals surface area contributed by atoms with Crippen LogP contribution in [0.4, 0.5) is 18.9 Å². The lowest BCUT2D eigenvalue weighted by atomic mass is 9.92. The molecule has 0 amide bonds. The minimum atomic E-state index is -4.71. The van der Waals surface area contributed by atoms with E-state index < -0.39 is 12.5 Å². The van der Waals surface area contributed by atoms with Gasteiger partial charge in [-0.05, 0) is 54.7 Å². The van der Waals surface area contributed by atoms with Crippen LogP contribution in [-0.4, -0.2) is 30.7 Å². The number of aliphatic hydroxyl groups is 1. The zero-order valence-electron chi connectivity index (χ0n) is 13.9. The van der Waals surface area contributed by atoms with Gasteiger partial charge in [0.05, 0.1) is 6.10 Å². The summed E-state index contributed by atoms with van der Waals surface area (Å²) in [7, 11) is 0. The van der Waals surface area contributed by atoms with Crippen LogP contribution in [0.5, 0.6) is 5.75 Å². The second-order valence-corrected chi connectivity index (χ2v) is 6.28. The van der Waals surface area contributed by atoms with Crippen molar-refractivity contribution in [1.82, 2.24) is 0 Å². The molecule has 3 rings (SSSR count). The molecule has 1 heterocycles. The summed E-state index contributed by atoms with van der Waals surface area (Å²) in [6.07, 6.45) is -3.36. The van der Waals surface area contributed by atoms with Crippen molar-refractivity contribution in [2.24, 2.45) is 0 Å². The summed E-state index contributed by atoms with van der Waals surface area (Å²) < 4.78 is 41.4. The zero-order valence-corrected chi connectivity index (χ0v) is 13.9. The lowest BCUT2D eigenvalue weighted by Gasteiger charge is -2.33. The minimum Gasteiger partial charge on any atom is -0.406 e. The van der Waals surface area contributed by atoms with Gasteiger partial charge in [-0.2, -0.15) is 0 Å². The summed E-state index contributed by atoms with van der Waals surface area (Å²) in [5.41, 5.74) is 3.73. The van der Waals surface area contributed by atoms with Crippen LogP contribution in [0.1, 0.15) is 18.9 Å². The van der Waals surface area contributed by atoms with E-state index in [-0.39, 0.29) is 5.75 Å². The van der Waals surface area contributed by atoms with E-state index in [4.69, 9.17) is 0 Å². The highest BCUT2D eigenvalue weighted by Gasteiger charge is 2.31. The lowest BCUT2D eigenvalue weighted by molar-refractivity contribution is -0.274. The number of hydrogen-bond donors (Lipinski definition) is 1. The fourth-order valence-corrected chi connectivity index (χ4v) is 3.34. The number of nitrogens with zero attached hydrogens (tertiary/aromatic N) is 1. The molecule has 0 bridgehead atoms. The Morgan fingerprint density at radius 2 is 1.96 bits per heavy atom. The molecule has 1 aliphatic rings. The Morgan fingerprint density at radius 1 is 1.20 bits per heavy atom. The number of ether oxygens (including phenoxy) is 1. The van der Waals surface area contributed by atoms with Crippen molar-refractivity contribution >= 4 is 5.69 Å². The molecule has 1 aliphatic heterocycles. The molecule has 0 aromatic heterocycles. The first-order valence-corrected chi connectivity index (χ1v) is 8.24. The number of fused-ring (bicyclic) bond motifs is 1. The van der Waals surface area contributed by atoms with Gasteiger partial charge in [-0.1, -0.05) is 24.3 Å². The van der Waals surface area contributed by atoms with Crippen LogP contribution >= 0.6 is 0 Å². The molecule has 0 radical (unpaired) electrons. The molecule has 25 heavy (non-hydrogen) atoms. The highest BCUT2D eigenvalue weighted by atomic mass is 19.4. The van der Waals surface area contributed by atoms with Crippen LogP contribution in [0.25, 0.3) is 11.1 Å². The van der Waals surface area contributed by atoms with Gasteiger partial charge in [0.15, 0.2) is 0 Å². The number of β-amino-alcohol motifs (C(OH)–C–C–N with tert-alkyl or cyclic N) is 1. The summed E-state index contributed by atoms with van der Waals surface area (Å²) in [5.74, 6) is -0.223. The molecule has 0 saturated heterocycles. The Labute approximate surface area is 144 Å². The Kier molecular flexibility index (Phi) is 4.90. The Hall–Kier alpha value is -2.21. The van der Waals surface area contributed by atoms with E-state index in [1.165, 1.54) is 12.1 Å². The van der Waals surface area contributed by atoms with Crippen molar-refractivity contribution in [3.05, 3.63) is 48.0 Å². The molecule has 1 N–H and O–H groups in total. The number of halogens is 3. The monoisotopic (exact) mass is 351 g/mol. The van der Waals surface area contributed by atoms with Crippen LogP contribution in [-0.2, 0) is 6.42 Å². The maximum atomic E-state index is 12.5. The van der Waals surface area contributed by atoms with Gasteiger partial charge in [-0.15, -0.1) is 13.2 Å². The normalized spacial score (nSPS) is 15.6. The largest absolute Gasteiger partial charge is 0.573 e. The third-order valence-corrected chi connectivity index (χ3v) is 4.21. The average molecular weight is 351 g/mol. The second-order valence-electron chi connectivity index (χ2n) is 6.28. The quantitative estimate of drug-likeness (QED) is 0.887. The van der Waals surface area contributed by atoms with Gasteiger partial charge >= 0.3 is 6.36 Å². The molecule has 1 atom stereocenters. The van der Waals surface area contributed by atoms with Gasteiger partial charge in [0, 0.05) is 18.8 Å². The molecule has 2 aromatic rings. The van der Waals surface area contributed by atoms with Gasteiger partial charge in [-0.25, -0.2) is 0 Å². The first kappa shape index (κ1) is 17.6. The smallest absolute Gasteiger partial charge is 0.406 e. The Bertz CT molecular complexity index is 744. The van der Waals surface area contributed by atoms with Crippen LogP contribution in [0.3, 0.4) is 0 Å². The van der Waals surface area contributed by atoms with Crippen molar-refractivity contribution in [1.29, 1.82) is 0 Å². The zero-order chi connectivity index (χ0) is 18.0. The molecule has 0 saturated carbocycles. The number of rotatable bonds is 4. The van der Waals surface area contributed by atoms with Crippen molar-refractivity contribution in [2.75, 3.05) is 18.0 Å². The van der Waals surface area contributed by atoms with Crippen LogP contribution in [0.15, 0.2) is 42.5 Å². The van der Waals surface area contributed by atoms with Crippen molar-refractivity contribution in [2.45, 2.75) is 32.2 Å². The minimum absolute atomic E-state index is 0.223. The van der Waals surface area contributed by atoms with Crippen LogP contribution in [0, 0.1) is 0 Å². The second kappa shape index (κ2) is 6.96. The summed E-state index contributed by atoms with van der Waals surface area (Å²) in [6.45, 7) is 3.14. The van der Waals surface area contributed by atoms with E-state index in [9.17, 15) is 18.3 Å². The first-order chi connectivity index (χ1) is 11.8. The fourth-order valence-electron chi connectivity index (χ4n) is 3.34.